The number of terminal acetylenes is 1. The Labute approximate surface area is 165 Å². The number of rotatable bonds is 7. The van der Waals surface area contributed by atoms with Crippen LogP contribution in [-0.2, 0) is 0 Å². The zero-order chi connectivity index (χ0) is 17.4. The molecule has 6 nitrogen and oxygen atoms in total. The van der Waals surface area contributed by atoms with Crippen LogP contribution in [0.1, 0.15) is 40.5 Å². The molecule has 0 unspecified atom stereocenters. The Morgan fingerprint density at radius 2 is 1.80 bits per heavy atom. The third-order valence-electron chi connectivity index (χ3n) is 3.64. The van der Waals surface area contributed by atoms with Gasteiger partial charge >= 0.3 is 0 Å². The number of nitrogens with one attached hydrogen (secondary N) is 2. The summed E-state index contributed by atoms with van der Waals surface area (Å²) in [5.74, 6) is 2.77. The number of guanidine groups is 1. The summed E-state index contributed by atoms with van der Waals surface area (Å²) >= 11 is 0. The molecule has 0 atom stereocenters. The smallest absolute Gasteiger partial charge is 0.261 e. The second-order valence-electron chi connectivity index (χ2n) is 5.33. The highest BCUT2D eigenvalue weighted by atomic mass is 127. The molecule has 1 aromatic rings. The van der Waals surface area contributed by atoms with Crippen molar-refractivity contribution in [2.75, 3.05) is 26.2 Å². The van der Waals surface area contributed by atoms with Crippen LogP contribution in [0.3, 0.4) is 0 Å². The number of nitrogens with zero attached hydrogens (tertiary/aromatic N) is 2. The molecular formula is C18H23IN4O2. The summed E-state index contributed by atoms with van der Waals surface area (Å²) in [6.45, 7) is 4.17. The first-order chi connectivity index (χ1) is 11.7. The monoisotopic (exact) mass is 454 g/mol. The van der Waals surface area contributed by atoms with E-state index >= 15 is 0 Å². The topological polar surface area (TPSA) is 73.8 Å². The normalized spacial score (nSPS) is 13.1. The van der Waals surface area contributed by atoms with E-state index in [9.17, 15) is 9.59 Å². The van der Waals surface area contributed by atoms with Crippen LogP contribution in [0.25, 0.3) is 0 Å². The minimum atomic E-state index is -0.205. The van der Waals surface area contributed by atoms with Gasteiger partial charge in [0, 0.05) is 19.6 Å². The lowest BCUT2D eigenvalue weighted by Gasteiger charge is -2.13. The van der Waals surface area contributed by atoms with E-state index in [0.29, 0.717) is 43.1 Å². The van der Waals surface area contributed by atoms with Gasteiger partial charge in [0.25, 0.3) is 11.8 Å². The quantitative estimate of drug-likeness (QED) is 0.165. The molecule has 0 aliphatic carbocycles. The first-order valence-corrected chi connectivity index (χ1v) is 8.10. The summed E-state index contributed by atoms with van der Waals surface area (Å²) in [6.07, 6.45) is 6.71. The number of unbranched alkanes of at least 4 members (excludes halogenated alkanes) is 1. The van der Waals surface area contributed by atoms with Crippen LogP contribution < -0.4 is 10.6 Å². The zero-order valence-corrected chi connectivity index (χ0v) is 16.6. The van der Waals surface area contributed by atoms with Crippen LogP contribution in [0.5, 0.6) is 0 Å². The molecule has 1 aliphatic rings. The lowest BCUT2D eigenvalue weighted by atomic mass is 10.1. The molecule has 134 valence electrons. The minimum Gasteiger partial charge on any atom is -0.357 e. The number of benzene rings is 1. The number of carbonyl (C=O) groups excluding carboxylic acids is 2. The van der Waals surface area contributed by atoms with Crippen LogP contribution in [-0.4, -0.2) is 48.9 Å². The number of amides is 2. The molecule has 0 radical (unpaired) electrons. The van der Waals surface area contributed by atoms with Gasteiger partial charge in [-0.1, -0.05) is 18.1 Å². The molecule has 0 bridgehead atoms. The first-order valence-electron chi connectivity index (χ1n) is 8.10. The highest BCUT2D eigenvalue weighted by molar-refractivity contribution is 14.0. The molecule has 0 aromatic heterocycles. The Morgan fingerprint density at radius 3 is 2.36 bits per heavy atom. The van der Waals surface area contributed by atoms with Crippen molar-refractivity contribution in [1.82, 2.24) is 15.5 Å². The molecule has 7 heteroatoms. The fraction of sp³-hybridized carbons (Fsp3) is 0.389. The van der Waals surface area contributed by atoms with Crippen LogP contribution in [0.2, 0.25) is 0 Å². The number of hydrogen-bond acceptors (Lipinski definition) is 3. The van der Waals surface area contributed by atoms with Crippen LogP contribution in [0.4, 0.5) is 0 Å². The molecule has 0 saturated heterocycles. The third-order valence-corrected chi connectivity index (χ3v) is 3.64. The molecule has 1 heterocycles. The van der Waals surface area contributed by atoms with Crippen LogP contribution in [0.15, 0.2) is 29.3 Å². The van der Waals surface area contributed by atoms with E-state index in [-0.39, 0.29) is 35.8 Å². The summed E-state index contributed by atoms with van der Waals surface area (Å²) in [5, 5.41) is 6.11. The fourth-order valence-corrected chi connectivity index (χ4v) is 2.49. The van der Waals surface area contributed by atoms with Gasteiger partial charge < -0.3 is 10.6 Å². The second-order valence-corrected chi connectivity index (χ2v) is 5.33. The van der Waals surface area contributed by atoms with E-state index in [4.69, 9.17) is 6.42 Å². The van der Waals surface area contributed by atoms with Gasteiger partial charge in [-0.05, 0) is 31.9 Å². The number of halogens is 1. The molecule has 2 N–H and O–H groups in total. The Bertz CT molecular complexity index is 647. The van der Waals surface area contributed by atoms with Gasteiger partial charge in [-0.2, -0.15) is 0 Å². The SMILES string of the molecule is C#CCNC(=NCCCCN1C(=O)c2ccccc2C1=O)NCC.I. The van der Waals surface area contributed by atoms with E-state index < -0.39 is 0 Å². The van der Waals surface area contributed by atoms with Crippen molar-refractivity contribution in [2.45, 2.75) is 19.8 Å². The lowest BCUT2D eigenvalue weighted by molar-refractivity contribution is 0.0652. The van der Waals surface area contributed by atoms with Gasteiger partial charge in [0.15, 0.2) is 5.96 Å². The van der Waals surface area contributed by atoms with Crippen molar-refractivity contribution in [1.29, 1.82) is 0 Å². The van der Waals surface area contributed by atoms with Crippen LogP contribution >= 0.6 is 24.0 Å². The van der Waals surface area contributed by atoms with E-state index in [1.807, 2.05) is 6.92 Å². The Morgan fingerprint density at radius 1 is 1.16 bits per heavy atom. The highest BCUT2D eigenvalue weighted by Crippen LogP contribution is 2.22. The van der Waals surface area contributed by atoms with Crippen molar-refractivity contribution >= 4 is 41.8 Å². The minimum absolute atomic E-state index is 0. The van der Waals surface area contributed by atoms with Gasteiger partial charge in [-0.25, -0.2) is 0 Å². The Hall–Kier alpha value is -2.08. The highest BCUT2D eigenvalue weighted by Gasteiger charge is 2.34. The number of carbonyl (C=O) groups is 2. The molecule has 0 spiro atoms. The molecule has 0 fully saturated rings. The van der Waals surface area contributed by atoms with Gasteiger partial charge in [-0.15, -0.1) is 30.4 Å². The Balaban J connectivity index is 0.00000312. The van der Waals surface area contributed by atoms with E-state index in [2.05, 4.69) is 21.5 Å². The van der Waals surface area contributed by atoms with E-state index in [1.165, 1.54) is 4.90 Å². The van der Waals surface area contributed by atoms with Gasteiger partial charge in [0.05, 0.1) is 17.7 Å². The maximum absolute atomic E-state index is 12.2. The maximum Gasteiger partial charge on any atom is 0.261 e. The van der Waals surface area contributed by atoms with E-state index in [0.717, 1.165) is 13.0 Å². The summed E-state index contributed by atoms with van der Waals surface area (Å²) in [6, 6.07) is 6.93. The summed E-state index contributed by atoms with van der Waals surface area (Å²) in [7, 11) is 0. The number of fused-ring (bicyclic) bond motifs is 1. The third kappa shape index (κ3) is 5.46. The second kappa shape index (κ2) is 10.7. The average molecular weight is 454 g/mol. The lowest BCUT2D eigenvalue weighted by Crippen LogP contribution is -2.37. The van der Waals surface area contributed by atoms with Gasteiger partial charge in [0.2, 0.25) is 0 Å². The number of imide groups is 1. The van der Waals surface area contributed by atoms with Gasteiger partial charge in [-0.3, -0.25) is 19.5 Å². The predicted octanol–water partition coefficient (Wildman–Crippen LogP) is 1.87. The van der Waals surface area contributed by atoms with Crippen molar-refractivity contribution in [3.05, 3.63) is 35.4 Å². The number of hydrogen-bond donors (Lipinski definition) is 2. The van der Waals surface area contributed by atoms with Crippen molar-refractivity contribution < 1.29 is 9.59 Å². The summed E-state index contributed by atoms with van der Waals surface area (Å²) < 4.78 is 0. The Kier molecular flexibility index (Phi) is 8.99. The van der Waals surface area contributed by atoms with Gasteiger partial charge in [0.1, 0.15) is 0 Å². The first kappa shape index (κ1) is 21.0. The van der Waals surface area contributed by atoms with Crippen molar-refractivity contribution in [3.63, 3.8) is 0 Å². The predicted molar refractivity (Wildman–Crippen MR) is 109 cm³/mol. The zero-order valence-electron chi connectivity index (χ0n) is 14.2. The number of aliphatic imine (C=N–C) groups is 1. The van der Waals surface area contributed by atoms with Crippen molar-refractivity contribution in [2.24, 2.45) is 4.99 Å². The molecule has 0 saturated carbocycles. The molecular weight excluding hydrogens is 431 g/mol. The summed E-state index contributed by atoms with van der Waals surface area (Å²) in [5.41, 5.74) is 0.988. The average Bonchev–Trinajstić information content (AvgIpc) is 2.84. The molecule has 1 aromatic carbocycles. The molecule has 1 aliphatic heterocycles. The molecule has 2 amide bonds. The molecule has 25 heavy (non-hydrogen) atoms. The maximum atomic E-state index is 12.2. The van der Waals surface area contributed by atoms with Crippen molar-refractivity contribution in [3.8, 4) is 12.3 Å². The van der Waals surface area contributed by atoms with E-state index in [1.54, 1.807) is 24.3 Å². The largest absolute Gasteiger partial charge is 0.357 e. The molecule has 2 rings (SSSR count). The standard InChI is InChI=1S/C18H22N4O2.HI/c1-3-11-20-18(19-4-2)21-12-7-8-13-22-16(23)14-9-5-6-10-15(14)17(22)24;/h1,5-6,9-10H,4,7-8,11-13H2,2H3,(H2,19,20,21);1H. The fourth-order valence-electron chi connectivity index (χ4n) is 2.49. The summed E-state index contributed by atoms with van der Waals surface area (Å²) in [4.78, 5) is 30.2. The van der Waals surface area contributed by atoms with Crippen LogP contribution in [0, 0.1) is 12.3 Å².